The molecule has 5 heteroatoms. The fraction of sp³-hybridized carbons (Fsp3) is 0.125. The van der Waals surface area contributed by atoms with E-state index in [1.807, 2.05) is 12.1 Å². The van der Waals surface area contributed by atoms with Gasteiger partial charge in [-0.05, 0) is 35.9 Å². The van der Waals surface area contributed by atoms with E-state index < -0.39 is 5.97 Å². The number of benzene rings is 2. The van der Waals surface area contributed by atoms with Crippen LogP contribution in [-0.4, -0.2) is 13.1 Å². The molecule has 0 amide bonds. The molecule has 0 saturated carbocycles. The van der Waals surface area contributed by atoms with Crippen LogP contribution in [0.5, 0.6) is 0 Å². The van der Waals surface area contributed by atoms with E-state index in [9.17, 15) is 4.79 Å². The Morgan fingerprint density at radius 3 is 2.86 bits per heavy atom. The highest BCUT2D eigenvalue weighted by molar-refractivity contribution is 5.91. The summed E-state index contributed by atoms with van der Waals surface area (Å²) < 4.78 is 4.68. The molecule has 2 aromatic carbocycles. The van der Waals surface area contributed by atoms with E-state index in [1.165, 1.54) is 7.11 Å². The predicted molar refractivity (Wildman–Crippen MR) is 80.7 cm³/mol. The van der Waals surface area contributed by atoms with Crippen molar-refractivity contribution in [1.29, 1.82) is 5.26 Å². The first-order valence-electron chi connectivity index (χ1n) is 6.35. The number of carbonyl (C=O) groups is 1. The van der Waals surface area contributed by atoms with Crippen LogP contribution < -0.4 is 11.1 Å². The zero-order valence-electron chi connectivity index (χ0n) is 11.6. The Labute approximate surface area is 123 Å². The molecule has 2 aromatic rings. The van der Waals surface area contributed by atoms with E-state index in [0.29, 0.717) is 29.0 Å². The lowest BCUT2D eigenvalue weighted by atomic mass is 10.1. The zero-order chi connectivity index (χ0) is 15.2. The molecular weight excluding hydrogens is 266 g/mol. The lowest BCUT2D eigenvalue weighted by Crippen LogP contribution is -2.06. The Bertz CT molecular complexity index is 705. The van der Waals surface area contributed by atoms with Crippen LogP contribution in [0, 0.1) is 11.3 Å². The third-order valence-electron chi connectivity index (χ3n) is 3.01. The summed E-state index contributed by atoms with van der Waals surface area (Å²) in [5, 5.41) is 12.0. The zero-order valence-corrected chi connectivity index (χ0v) is 11.6. The van der Waals surface area contributed by atoms with Crippen molar-refractivity contribution in [3.8, 4) is 6.07 Å². The highest BCUT2D eigenvalue weighted by Crippen LogP contribution is 2.21. The summed E-state index contributed by atoms with van der Waals surface area (Å²) in [6, 6.07) is 14.3. The van der Waals surface area contributed by atoms with E-state index in [4.69, 9.17) is 11.0 Å². The van der Waals surface area contributed by atoms with Gasteiger partial charge in [0.2, 0.25) is 0 Å². The number of ether oxygens (including phenoxy) is 1. The molecule has 0 spiro atoms. The lowest BCUT2D eigenvalue weighted by molar-refractivity contribution is 0.0601. The van der Waals surface area contributed by atoms with Gasteiger partial charge in [0.05, 0.1) is 35.7 Å². The van der Waals surface area contributed by atoms with Crippen LogP contribution in [0.15, 0.2) is 42.5 Å². The highest BCUT2D eigenvalue weighted by Gasteiger charge is 2.08. The molecule has 0 bridgehead atoms. The van der Waals surface area contributed by atoms with Gasteiger partial charge < -0.3 is 15.8 Å². The minimum atomic E-state index is -0.412. The fourth-order valence-corrected chi connectivity index (χ4v) is 1.90. The summed E-state index contributed by atoms with van der Waals surface area (Å²) in [6.07, 6.45) is 0. The normalized spacial score (nSPS) is 9.71. The van der Waals surface area contributed by atoms with Crippen molar-refractivity contribution < 1.29 is 9.53 Å². The summed E-state index contributed by atoms with van der Waals surface area (Å²) >= 11 is 0. The lowest BCUT2D eigenvalue weighted by Gasteiger charge is -2.11. The average Bonchev–Trinajstić information content (AvgIpc) is 2.53. The Balaban J connectivity index is 2.15. The van der Waals surface area contributed by atoms with Gasteiger partial charge in [-0.25, -0.2) is 4.79 Å². The first kappa shape index (κ1) is 14.4. The van der Waals surface area contributed by atoms with Gasteiger partial charge in [0.25, 0.3) is 0 Å². The SMILES string of the molecule is COC(=O)c1ccc(N)c(NCc2cccc(C#N)c2)c1. The second kappa shape index (κ2) is 6.44. The van der Waals surface area contributed by atoms with E-state index >= 15 is 0 Å². The average molecular weight is 281 g/mol. The number of carbonyl (C=O) groups excluding carboxylic acids is 1. The van der Waals surface area contributed by atoms with E-state index in [0.717, 1.165) is 5.56 Å². The molecule has 3 N–H and O–H groups in total. The number of nitrogen functional groups attached to an aromatic ring is 1. The van der Waals surface area contributed by atoms with Crippen molar-refractivity contribution in [2.45, 2.75) is 6.54 Å². The van der Waals surface area contributed by atoms with Crippen LogP contribution >= 0.6 is 0 Å². The minimum Gasteiger partial charge on any atom is -0.465 e. The van der Waals surface area contributed by atoms with Crippen molar-refractivity contribution in [3.63, 3.8) is 0 Å². The fourth-order valence-electron chi connectivity index (χ4n) is 1.90. The van der Waals surface area contributed by atoms with Crippen LogP contribution in [0.1, 0.15) is 21.5 Å². The molecule has 0 heterocycles. The molecule has 0 aliphatic carbocycles. The Morgan fingerprint density at radius 2 is 2.14 bits per heavy atom. The second-order valence-electron chi connectivity index (χ2n) is 4.46. The van der Waals surface area contributed by atoms with Crippen LogP contribution in [-0.2, 0) is 11.3 Å². The van der Waals surface area contributed by atoms with Crippen LogP contribution in [0.3, 0.4) is 0 Å². The minimum absolute atomic E-state index is 0.412. The number of nitrogens with two attached hydrogens (primary N) is 1. The Morgan fingerprint density at radius 1 is 1.33 bits per heavy atom. The summed E-state index contributed by atoms with van der Waals surface area (Å²) in [5.74, 6) is -0.412. The number of hydrogen-bond donors (Lipinski definition) is 2. The number of nitrogens with zero attached hydrogens (tertiary/aromatic N) is 1. The van der Waals surface area contributed by atoms with Crippen molar-refractivity contribution in [2.24, 2.45) is 0 Å². The number of hydrogen-bond acceptors (Lipinski definition) is 5. The van der Waals surface area contributed by atoms with Gasteiger partial charge in [0, 0.05) is 6.54 Å². The van der Waals surface area contributed by atoms with Crippen LogP contribution in [0.25, 0.3) is 0 Å². The summed E-state index contributed by atoms with van der Waals surface area (Å²) in [7, 11) is 1.33. The quantitative estimate of drug-likeness (QED) is 0.664. The summed E-state index contributed by atoms with van der Waals surface area (Å²) in [4.78, 5) is 11.5. The maximum Gasteiger partial charge on any atom is 0.337 e. The van der Waals surface area contributed by atoms with Crippen molar-refractivity contribution in [3.05, 3.63) is 59.2 Å². The molecule has 0 fully saturated rings. The molecule has 0 aliphatic heterocycles. The van der Waals surface area contributed by atoms with Crippen LogP contribution in [0.4, 0.5) is 11.4 Å². The van der Waals surface area contributed by atoms with E-state index in [2.05, 4.69) is 16.1 Å². The van der Waals surface area contributed by atoms with Gasteiger partial charge in [-0.1, -0.05) is 12.1 Å². The molecule has 2 rings (SSSR count). The molecule has 0 radical (unpaired) electrons. The van der Waals surface area contributed by atoms with Crippen molar-refractivity contribution >= 4 is 17.3 Å². The number of anilines is 2. The molecule has 106 valence electrons. The van der Waals surface area contributed by atoms with Crippen molar-refractivity contribution in [1.82, 2.24) is 0 Å². The number of nitrogens with one attached hydrogen (secondary N) is 1. The first-order chi connectivity index (χ1) is 10.1. The molecule has 0 aliphatic rings. The molecule has 0 aromatic heterocycles. The second-order valence-corrected chi connectivity index (χ2v) is 4.46. The van der Waals surface area contributed by atoms with Gasteiger partial charge in [-0.15, -0.1) is 0 Å². The highest BCUT2D eigenvalue weighted by atomic mass is 16.5. The Kier molecular flexibility index (Phi) is 4.42. The standard InChI is InChI=1S/C16H15N3O2/c1-21-16(20)13-5-6-14(18)15(8-13)19-10-12-4-2-3-11(7-12)9-17/h2-8,19H,10,18H2,1H3. The van der Waals surface area contributed by atoms with Gasteiger partial charge in [-0.3, -0.25) is 0 Å². The summed E-state index contributed by atoms with van der Waals surface area (Å²) in [6.45, 7) is 0.504. The number of rotatable bonds is 4. The third-order valence-corrected chi connectivity index (χ3v) is 3.01. The Hall–Kier alpha value is -3.00. The van der Waals surface area contributed by atoms with Gasteiger partial charge in [0.1, 0.15) is 0 Å². The van der Waals surface area contributed by atoms with E-state index in [-0.39, 0.29) is 0 Å². The summed E-state index contributed by atoms with van der Waals surface area (Å²) in [5.41, 5.74) is 9.07. The van der Waals surface area contributed by atoms with E-state index in [1.54, 1.807) is 30.3 Å². The maximum absolute atomic E-state index is 11.5. The van der Waals surface area contributed by atoms with Gasteiger partial charge >= 0.3 is 5.97 Å². The number of methoxy groups -OCH3 is 1. The molecule has 0 atom stereocenters. The molecule has 21 heavy (non-hydrogen) atoms. The third kappa shape index (κ3) is 3.51. The molecule has 0 saturated heterocycles. The maximum atomic E-state index is 11.5. The van der Waals surface area contributed by atoms with Crippen LogP contribution in [0.2, 0.25) is 0 Å². The monoisotopic (exact) mass is 281 g/mol. The smallest absolute Gasteiger partial charge is 0.337 e. The van der Waals surface area contributed by atoms with Crippen molar-refractivity contribution in [2.75, 3.05) is 18.2 Å². The number of nitriles is 1. The topological polar surface area (TPSA) is 88.1 Å². The first-order valence-corrected chi connectivity index (χ1v) is 6.35. The predicted octanol–water partition coefficient (Wildman–Crippen LogP) is 2.54. The largest absolute Gasteiger partial charge is 0.465 e. The molecular formula is C16H15N3O2. The number of esters is 1. The van der Waals surface area contributed by atoms with Gasteiger partial charge in [0.15, 0.2) is 0 Å². The molecule has 5 nitrogen and oxygen atoms in total. The van der Waals surface area contributed by atoms with Gasteiger partial charge in [-0.2, -0.15) is 5.26 Å². The molecule has 0 unspecified atom stereocenters.